The summed E-state index contributed by atoms with van der Waals surface area (Å²) in [7, 11) is 0. The molecule has 2 N–H and O–H groups in total. The predicted octanol–water partition coefficient (Wildman–Crippen LogP) is 2.76. The Morgan fingerprint density at radius 3 is 2.65 bits per heavy atom. The molecule has 4 saturated heterocycles. The van der Waals surface area contributed by atoms with Gasteiger partial charge in [-0.3, -0.25) is 4.90 Å². The quantitative estimate of drug-likeness (QED) is 0.779. The fourth-order valence-electron chi connectivity index (χ4n) is 7.36. The molecule has 4 aliphatic heterocycles. The molecular weight excluding hydrogens is 282 g/mol. The van der Waals surface area contributed by atoms with Crippen LogP contribution in [0, 0.1) is 17.3 Å². The van der Waals surface area contributed by atoms with Gasteiger partial charge in [-0.05, 0) is 82.8 Å². The van der Waals surface area contributed by atoms with E-state index < -0.39 is 0 Å². The van der Waals surface area contributed by atoms with Crippen LogP contribution in [0.2, 0.25) is 0 Å². The zero-order chi connectivity index (χ0) is 15.3. The summed E-state index contributed by atoms with van der Waals surface area (Å²) in [5, 5.41) is 8.04. The van der Waals surface area contributed by atoms with Crippen molar-refractivity contribution >= 4 is 0 Å². The lowest BCUT2D eigenvalue weighted by Gasteiger charge is -2.64. The molecule has 3 nitrogen and oxygen atoms in total. The van der Waals surface area contributed by atoms with Crippen LogP contribution < -0.4 is 10.6 Å². The first kappa shape index (κ1) is 15.2. The molecule has 0 aromatic heterocycles. The zero-order valence-electron chi connectivity index (χ0n) is 14.7. The first-order chi connectivity index (χ1) is 11.4. The SMILES string of the molecule is C1CC[C@H]([C@@]23C[C@@H](C[C@@H]4CCCN[C@H]42)[C@H]2CCCCN2C3)NC1. The number of piperidine rings is 4. The zero-order valence-corrected chi connectivity index (χ0v) is 14.7. The summed E-state index contributed by atoms with van der Waals surface area (Å²) in [6, 6.07) is 2.51. The Balaban J connectivity index is 1.50. The van der Waals surface area contributed by atoms with Gasteiger partial charge in [-0.15, -0.1) is 0 Å². The van der Waals surface area contributed by atoms with Crippen molar-refractivity contribution in [3.05, 3.63) is 0 Å². The van der Waals surface area contributed by atoms with Crippen molar-refractivity contribution in [1.29, 1.82) is 0 Å². The summed E-state index contributed by atoms with van der Waals surface area (Å²) in [5.41, 5.74) is 0.530. The topological polar surface area (TPSA) is 27.3 Å². The molecule has 0 aromatic carbocycles. The molecule has 2 bridgehead atoms. The maximum absolute atomic E-state index is 4.04. The van der Waals surface area contributed by atoms with Crippen LogP contribution in [0.15, 0.2) is 0 Å². The van der Waals surface area contributed by atoms with E-state index in [0.29, 0.717) is 5.41 Å². The highest BCUT2D eigenvalue weighted by molar-refractivity contribution is 5.14. The van der Waals surface area contributed by atoms with E-state index in [1.54, 1.807) is 0 Å². The summed E-state index contributed by atoms with van der Waals surface area (Å²) in [4.78, 5) is 2.94. The molecule has 130 valence electrons. The lowest BCUT2D eigenvalue weighted by Crippen LogP contribution is -2.72. The molecule has 0 aromatic rings. The summed E-state index contributed by atoms with van der Waals surface area (Å²) in [6.07, 6.45) is 14.6. The Bertz CT molecular complexity index is 431. The monoisotopic (exact) mass is 317 g/mol. The Morgan fingerprint density at radius 1 is 0.826 bits per heavy atom. The standard InChI is InChI=1S/C20H35N3/c1-3-9-21-18(8-1)20-13-16(12-15-6-5-10-22-19(15)20)17-7-2-4-11-23(17)14-20/h15-19,21-22H,1-14H2/t15-,16+,17+,18+,19+,20-/m0/s1. The van der Waals surface area contributed by atoms with Gasteiger partial charge in [0.25, 0.3) is 0 Å². The Labute approximate surface area is 142 Å². The third kappa shape index (κ3) is 2.41. The minimum Gasteiger partial charge on any atom is -0.313 e. The van der Waals surface area contributed by atoms with Gasteiger partial charge in [-0.25, -0.2) is 0 Å². The minimum atomic E-state index is 0.530. The van der Waals surface area contributed by atoms with Crippen LogP contribution in [-0.4, -0.2) is 49.2 Å². The van der Waals surface area contributed by atoms with Crippen molar-refractivity contribution in [3.8, 4) is 0 Å². The molecule has 4 heterocycles. The fraction of sp³-hybridized carbons (Fsp3) is 1.00. The summed E-state index contributed by atoms with van der Waals surface area (Å²) in [6.45, 7) is 5.30. The van der Waals surface area contributed by atoms with Gasteiger partial charge in [0, 0.05) is 30.1 Å². The second-order valence-corrected chi connectivity index (χ2v) is 9.30. The second-order valence-electron chi connectivity index (χ2n) is 9.30. The normalized spacial score (nSPS) is 50.9. The second kappa shape index (κ2) is 6.00. The Hall–Kier alpha value is -0.120. The summed E-state index contributed by atoms with van der Waals surface area (Å²) in [5.74, 6) is 1.96. The number of hydrogen-bond donors (Lipinski definition) is 2. The Kier molecular flexibility index (Phi) is 3.95. The van der Waals surface area contributed by atoms with Crippen LogP contribution in [0.3, 0.4) is 0 Å². The average Bonchev–Trinajstić information content (AvgIpc) is 2.63. The molecule has 0 unspecified atom stereocenters. The third-order valence-electron chi connectivity index (χ3n) is 8.16. The van der Waals surface area contributed by atoms with Gasteiger partial charge in [0.15, 0.2) is 0 Å². The van der Waals surface area contributed by atoms with E-state index in [1.165, 1.54) is 90.4 Å². The van der Waals surface area contributed by atoms with Crippen molar-refractivity contribution in [1.82, 2.24) is 15.5 Å². The highest BCUT2D eigenvalue weighted by atomic mass is 15.2. The number of rotatable bonds is 1. The number of nitrogens with zero attached hydrogens (tertiary/aromatic N) is 1. The largest absolute Gasteiger partial charge is 0.313 e. The van der Waals surface area contributed by atoms with E-state index in [1.807, 2.05) is 0 Å². The molecule has 3 heteroatoms. The molecule has 0 amide bonds. The number of hydrogen-bond acceptors (Lipinski definition) is 3. The van der Waals surface area contributed by atoms with Crippen LogP contribution in [0.25, 0.3) is 0 Å². The molecule has 0 spiro atoms. The highest BCUT2D eigenvalue weighted by Crippen LogP contribution is 2.55. The van der Waals surface area contributed by atoms with Crippen LogP contribution in [-0.2, 0) is 0 Å². The maximum Gasteiger partial charge on any atom is 0.0179 e. The molecular formula is C20H35N3. The molecule has 6 atom stereocenters. The van der Waals surface area contributed by atoms with Gasteiger partial charge in [-0.2, -0.15) is 0 Å². The molecule has 1 aliphatic carbocycles. The predicted molar refractivity (Wildman–Crippen MR) is 94.5 cm³/mol. The lowest BCUT2D eigenvalue weighted by molar-refractivity contribution is -0.117. The van der Waals surface area contributed by atoms with Crippen molar-refractivity contribution in [2.75, 3.05) is 26.2 Å². The molecule has 5 rings (SSSR count). The Morgan fingerprint density at radius 2 is 1.74 bits per heavy atom. The average molecular weight is 318 g/mol. The van der Waals surface area contributed by atoms with Crippen molar-refractivity contribution in [2.45, 2.75) is 82.3 Å². The maximum atomic E-state index is 4.04. The van der Waals surface area contributed by atoms with E-state index in [-0.39, 0.29) is 0 Å². The summed E-state index contributed by atoms with van der Waals surface area (Å²) < 4.78 is 0. The van der Waals surface area contributed by atoms with Gasteiger partial charge in [0.2, 0.25) is 0 Å². The molecule has 5 fully saturated rings. The molecule has 1 saturated carbocycles. The molecule has 5 aliphatic rings. The fourth-order valence-corrected chi connectivity index (χ4v) is 7.36. The van der Waals surface area contributed by atoms with Crippen LogP contribution >= 0.6 is 0 Å². The first-order valence-electron chi connectivity index (χ1n) is 10.6. The molecule has 0 radical (unpaired) electrons. The highest BCUT2D eigenvalue weighted by Gasteiger charge is 2.58. The smallest absolute Gasteiger partial charge is 0.0179 e. The van der Waals surface area contributed by atoms with Crippen LogP contribution in [0.1, 0.15) is 64.2 Å². The lowest BCUT2D eigenvalue weighted by atomic mass is 9.52. The van der Waals surface area contributed by atoms with E-state index >= 15 is 0 Å². The van der Waals surface area contributed by atoms with Crippen molar-refractivity contribution in [3.63, 3.8) is 0 Å². The van der Waals surface area contributed by atoms with E-state index in [9.17, 15) is 0 Å². The number of fused-ring (bicyclic) bond motifs is 6. The number of nitrogens with one attached hydrogen (secondary N) is 2. The molecule has 23 heavy (non-hydrogen) atoms. The van der Waals surface area contributed by atoms with Crippen molar-refractivity contribution in [2.24, 2.45) is 17.3 Å². The first-order valence-corrected chi connectivity index (χ1v) is 10.6. The summed E-state index contributed by atoms with van der Waals surface area (Å²) >= 11 is 0. The van der Waals surface area contributed by atoms with E-state index in [0.717, 1.165) is 30.0 Å². The van der Waals surface area contributed by atoms with Crippen LogP contribution in [0.5, 0.6) is 0 Å². The van der Waals surface area contributed by atoms with Gasteiger partial charge in [0.05, 0.1) is 0 Å². The van der Waals surface area contributed by atoms with Crippen molar-refractivity contribution < 1.29 is 0 Å². The minimum absolute atomic E-state index is 0.530. The third-order valence-corrected chi connectivity index (χ3v) is 8.16. The van der Waals surface area contributed by atoms with Crippen LogP contribution in [0.4, 0.5) is 0 Å². The van der Waals surface area contributed by atoms with Gasteiger partial charge < -0.3 is 10.6 Å². The van der Waals surface area contributed by atoms with Gasteiger partial charge in [-0.1, -0.05) is 12.8 Å². The van der Waals surface area contributed by atoms with E-state index in [2.05, 4.69) is 15.5 Å². The van der Waals surface area contributed by atoms with Gasteiger partial charge in [0.1, 0.15) is 0 Å². The van der Waals surface area contributed by atoms with Gasteiger partial charge >= 0.3 is 0 Å². The van der Waals surface area contributed by atoms with E-state index in [4.69, 9.17) is 0 Å².